The second kappa shape index (κ2) is 12.6. The highest BCUT2D eigenvalue weighted by Crippen LogP contribution is 2.40. The van der Waals surface area contributed by atoms with Crippen LogP contribution in [0.3, 0.4) is 0 Å². The molecule has 208 valence electrons. The lowest BCUT2D eigenvalue weighted by molar-refractivity contribution is 0.0985. The van der Waals surface area contributed by atoms with E-state index in [0.717, 1.165) is 17.5 Å². The number of sulfonamides is 1. The number of anilines is 1. The molecule has 9 nitrogen and oxygen atoms in total. The molecule has 0 N–H and O–H groups in total. The Hall–Kier alpha value is -2.44. The SMILES string of the molecule is COc1ccc(OC)c2sc(N(CCN(C)C)C(=O)c3ccc(S(=O)(=O)N4CCC(C)CC4)cc3)nc12.Cl. The van der Waals surface area contributed by atoms with Gasteiger partial charge in [-0.25, -0.2) is 13.4 Å². The van der Waals surface area contributed by atoms with Crippen molar-refractivity contribution in [3.8, 4) is 11.5 Å². The largest absolute Gasteiger partial charge is 0.495 e. The van der Waals surface area contributed by atoms with Crippen LogP contribution < -0.4 is 14.4 Å². The summed E-state index contributed by atoms with van der Waals surface area (Å²) < 4.78 is 39.6. The highest BCUT2D eigenvalue weighted by atomic mass is 35.5. The summed E-state index contributed by atoms with van der Waals surface area (Å²) >= 11 is 1.36. The molecular weight excluding hydrogens is 548 g/mol. The first kappa shape index (κ1) is 30.1. The van der Waals surface area contributed by atoms with E-state index in [-0.39, 0.29) is 23.2 Å². The van der Waals surface area contributed by atoms with Crippen molar-refractivity contribution in [2.45, 2.75) is 24.7 Å². The molecule has 12 heteroatoms. The number of aromatic nitrogens is 1. The predicted molar refractivity (Wildman–Crippen MR) is 154 cm³/mol. The third kappa shape index (κ3) is 6.23. The Morgan fingerprint density at radius 2 is 1.63 bits per heavy atom. The maximum Gasteiger partial charge on any atom is 0.260 e. The van der Waals surface area contributed by atoms with Crippen LogP contribution in [0.5, 0.6) is 11.5 Å². The standard InChI is InChI=1S/C26H34N4O5S2.ClH/c1-18-12-14-29(15-13-18)37(32,33)20-8-6-19(7-9-20)25(31)30(17-16-28(2)3)26-27-23-21(34-4)10-11-22(35-5)24(23)36-26;/h6-11,18H,12-17H2,1-5H3;1H. The van der Waals surface area contributed by atoms with Gasteiger partial charge in [-0.1, -0.05) is 18.3 Å². The molecule has 0 unspecified atom stereocenters. The topological polar surface area (TPSA) is 92.3 Å². The minimum absolute atomic E-state index is 0. The monoisotopic (exact) mass is 582 g/mol. The number of thiazole rings is 1. The zero-order chi connectivity index (χ0) is 26.7. The molecule has 1 fully saturated rings. The van der Waals surface area contributed by atoms with Crippen LogP contribution in [0, 0.1) is 5.92 Å². The molecule has 0 spiro atoms. The molecule has 1 aromatic heterocycles. The van der Waals surface area contributed by atoms with Gasteiger partial charge in [0, 0.05) is 31.7 Å². The molecule has 38 heavy (non-hydrogen) atoms. The number of likely N-dealkylation sites (N-methyl/N-ethyl adjacent to an activating group) is 1. The van der Waals surface area contributed by atoms with E-state index < -0.39 is 10.0 Å². The summed E-state index contributed by atoms with van der Waals surface area (Å²) in [7, 11) is 3.46. The molecule has 4 rings (SSSR count). The summed E-state index contributed by atoms with van der Waals surface area (Å²) in [6.45, 7) is 4.21. The number of methoxy groups -OCH3 is 2. The first-order chi connectivity index (χ1) is 17.6. The van der Waals surface area contributed by atoms with Crippen LogP contribution in [-0.2, 0) is 10.0 Å². The van der Waals surface area contributed by atoms with Crippen LogP contribution >= 0.6 is 23.7 Å². The summed E-state index contributed by atoms with van der Waals surface area (Å²) in [4.78, 5) is 22.2. The van der Waals surface area contributed by atoms with Crippen molar-refractivity contribution >= 4 is 55.0 Å². The number of nitrogens with zero attached hydrogens (tertiary/aromatic N) is 4. The summed E-state index contributed by atoms with van der Waals surface area (Å²) in [5.74, 6) is 1.53. The molecule has 2 heterocycles. The zero-order valence-corrected chi connectivity index (χ0v) is 24.8. The minimum atomic E-state index is -3.59. The summed E-state index contributed by atoms with van der Waals surface area (Å²) in [6, 6.07) is 9.82. The molecule has 0 aliphatic carbocycles. The van der Waals surface area contributed by atoms with E-state index in [0.29, 0.717) is 59.8 Å². The predicted octanol–water partition coefficient (Wildman–Crippen LogP) is 4.36. The van der Waals surface area contributed by atoms with Gasteiger partial charge >= 0.3 is 0 Å². The molecule has 0 bridgehead atoms. The number of rotatable bonds is 9. The van der Waals surface area contributed by atoms with Crippen molar-refractivity contribution in [1.29, 1.82) is 0 Å². The number of hydrogen-bond donors (Lipinski definition) is 0. The van der Waals surface area contributed by atoms with Crippen LogP contribution in [0.2, 0.25) is 0 Å². The summed E-state index contributed by atoms with van der Waals surface area (Å²) in [6.07, 6.45) is 1.71. The summed E-state index contributed by atoms with van der Waals surface area (Å²) in [5, 5.41) is 0.517. The fourth-order valence-corrected chi connectivity index (χ4v) is 6.84. The third-order valence-corrected chi connectivity index (χ3v) is 9.63. The van der Waals surface area contributed by atoms with Crippen molar-refractivity contribution in [2.75, 3.05) is 59.4 Å². The van der Waals surface area contributed by atoms with E-state index in [1.165, 1.54) is 27.8 Å². The van der Waals surface area contributed by atoms with E-state index >= 15 is 0 Å². The van der Waals surface area contributed by atoms with Gasteiger partial charge in [0.2, 0.25) is 10.0 Å². The van der Waals surface area contributed by atoms with E-state index in [1.54, 1.807) is 37.3 Å². The molecule has 0 atom stereocenters. The fourth-order valence-electron chi connectivity index (χ4n) is 4.27. The molecule has 1 saturated heterocycles. The summed E-state index contributed by atoms with van der Waals surface area (Å²) in [5.41, 5.74) is 1.02. The van der Waals surface area contributed by atoms with Gasteiger partial charge < -0.3 is 14.4 Å². The highest BCUT2D eigenvalue weighted by Gasteiger charge is 2.29. The lowest BCUT2D eigenvalue weighted by atomic mass is 10.0. The third-order valence-electron chi connectivity index (χ3n) is 6.63. The maximum absolute atomic E-state index is 13.7. The van der Waals surface area contributed by atoms with E-state index in [9.17, 15) is 13.2 Å². The quantitative estimate of drug-likeness (QED) is 0.370. The first-order valence-corrected chi connectivity index (χ1v) is 14.5. The lowest BCUT2D eigenvalue weighted by Gasteiger charge is -2.29. The zero-order valence-electron chi connectivity index (χ0n) is 22.3. The average Bonchev–Trinajstić information content (AvgIpc) is 3.33. The van der Waals surface area contributed by atoms with E-state index in [4.69, 9.17) is 14.5 Å². The molecular formula is C26H35ClN4O5S2. The molecule has 2 aromatic carbocycles. The van der Waals surface area contributed by atoms with Gasteiger partial charge in [-0.2, -0.15) is 4.31 Å². The number of ether oxygens (including phenoxy) is 2. The smallest absolute Gasteiger partial charge is 0.260 e. The highest BCUT2D eigenvalue weighted by molar-refractivity contribution is 7.89. The molecule has 1 amide bonds. The van der Waals surface area contributed by atoms with Crippen LogP contribution in [0.1, 0.15) is 30.1 Å². The molecule has 1 aliphatic heterocycles. The number of benzene rings is 2. The van der Waals surface area contributed by atoms with Gasteiger partial charge in [0.05, 0.1) is 19.1 Å². The Bertz CT molecular complexity index is 1310. The van der Waals surface area contributed by atoms with Gasteiger partial charge in [0.1, 0.15) is 21.7 Å². The lowest BCUT2D eigenvalue weighted by Crippen LogP contribution is -2.38. The van der Waals surface area contributed by atoms with Crippen molar-refractivity contribution in [3.05, 3.63) is 42.0 Å². The van der Waals surface area contributed by atoms with Gasteiger partial charge in [-0.05, 0) is 69.3 Å². The second-order valence-corrected chi connectivity index (χ2v) is 12.4. The number of fused-ring (bicyclic) bond motifs is 1. The van der Waals surface area contributed by atoms with Gasteiger partial charge in [-0.15, -0.1) is 12.4 Å². The van der Waals surface area contributed by atoms with Gasteiger partial charge in [0.25, 0.3) is 5.91 Å². The Labute approximate surface area is 234 Å². The number of halogens is 1. The maximum atomic E-state index is 13.7. The Balaban J connectivity index is 0.00000400. The van der Waals surface area contributed by atoms with Crippen LogP contribution in [0.4, 0.5) is 5.13 Å². The van der Waals surface area contributed by atoms with Gasteiger partial charge in [-0.3, -0.25) is 9.69 Å². The van der Waals surface area contributed by atoms with Crippen molar-refractivity contribution in [2.24, 2.45) is 5.92 Å². The van der Waals surface area contributed by atoms with E-state index in [1.807, 2.05) is 25.1 Å². The molecule has 3 aromatic rings. The second-order valence-electron chi connectivity index (χ2n) is 9.52. The number of piperidine rings is 1. The van der Waals surface area contributed by atoms with Gasteiger partial charge in [0.15, 0.2) is 5.13 Å². The molecule has 1 aliphatic rings. The van der Waals surface area contributed by atoms with Crippen molar-refractivity contribution < 1.29 is 22.7 Å². The van der Waals surface area contributed by atoms with Crippen LogP contribution in [0.25, 0.3) is 10.2 Å². The Morgan fingerprint density at radius 3 is 2.21 bits per heavy atom. The van der Waals surface area contributed by atoms with Crippen molar-refractivity contribution in [1.82, 2.24) is 14.2 Å². The Kier molecular flexibility index (Phi) is 9.99. The van der Waals surface area contributed by atoms with Crippen molar-refractivity contribution in [3.63, 3.8) is 0 Å². The number of carbonyl (C=O) groups is 1. The number of carbonyl (C=O) groups excluding carboxylic acids is 1. The normalized spacial score (nSPS) is 14.9. The minimum Gasteiger partial charge on any atom is -0.495 e. The van der Waals surface area contributed by atoms with E-state index in [2.05, 4.69) is 6.92 Å². The molecule has 0 radical (unpaired) electrons. The van der Waals surface area contributed by atoms with Crippen LogP contribution in [-0.4, -0.2) is 83.0 Å². The first-order valence-electron chi connectivity index (χ1n) is 12.2. The average molecular weight is 583 g/mol. The fraction of sp³-hybridized carbons (Fsp3) is 0.462. The number of amides is 1. The Morgan fingerprint density at radius 1 is 1.03 bits per heavy atom. The van der Waals surface area contributed by atoms with Crippen LogP contribution in [0.15, 0.2) is 41.3 Å². The number of hydrogen-bond acceptors (Lipinski definition) is 8. The molecule has 0 saturated carbocycles.